The van der Waals surface area contributed by atoms with Gasteiger partial charge in [-0.1, -0.05) is 13.3 Å². The molecule has 0 saturated carbocycles. The van der Waals surface area contributed by atoms with Gasteiger partial charge in [0.05, 0.1) is 12.0 Å². The van der Waals surface area contributed by atoms with Crippen molar-refractivity contribution in [1.82, 2.24) is 5.32 Å². The second-order valence-corrected chi connectivity index (χ2v) is 5.90. The van der Waals surface area contributed by atoms with Crippen molar-refractivity contribution in [2.75, 3.05) is 0 Å². The van der Waals surface area contributed by atoms with E-state index >= 15 is 0 Å². The lowest BCUT2D eigenvalue weighted by atomic mass is 10.0. The number of aromatic hydroxyl groups is 1. The molecule has 0 saturated heterocycles. The highest BCUT2D eigenvalue weighted by Crippen LogP contribution is 2.23. The summed E-state index contributed by atoms with van der Waals surface area (Å²) in [5.74, 6) is -1.80. The third-order valence-corrected chi connectivity index (χ3v) is 4.07. The van der Waals surface area contributed by atoms with Gasteiger partial charge in [0, 0.05) is 23.4 Å². The van der Waals surface area contributed by atoms with Gasteiger partial charge in [-0.2, -0.15) is 0 Å². The second-order valence-electron chi connectivity index (χ2n) is 5.90. The zero-order valence-electron chi connectivity index (χ0n) is 14.1. The van der Waals surface area contributed by atoms with Crippen LogP contribution in [0.1, 0.15) is 37.3 Å². The normalized spacial score (nSPS) is 12.1. The Bertz CT molecular complexity index is 855. The topological polar surface area (TPSA) is 120 Å². The number of benzene rings is 1. The average molecular weight is 346 g/mol. The molecule has 1 aromatic carbocycles. The number of rotatable bonds is 7. The highest BCUT2D eigenvalue weighted by atomic mass is 16.4. The fourth-order valence-corrected chi connectivity index (χ4v) is 2.71. The zero-order chi connectivity index (χ0) is 18.6. The van der Waals surface area contributed by atoms with Gasteiger partial charge in [0.1, 0.15) is 11.3 Å². The summed E-state index contributed by atoms with van der Waals surface area (Å²) in [6, 6.07) is 3.45. The van der Waals surface area contributed by atoms with Gasteiger partial charge in [0.25, 0.3) is 0 Å². The highest BCUT2D eigenvalue weighted by Gasteiger charge is 2.16. The number of carbonyl (C=O) groups excluding carboxylic acids is 2. The Morgan fingerprint density at radius 1 is 1.36 bits per heavy atom. The van der Waals surface area contributed by atoms with E-state index in [2.05, 4.69) is 5.32 Å². The maximum atomic E-state index is 12.1. The minimum atomic E-state index is -1.32. The quantitative estimate of drug-likeness (QED) is 0.715. The SMILES string of the molecule is CCC[C@H](NC(=O)CCc1c(C)c2ccc(O)cc2oc1=O)C(=O)[O-]. The van der Waals surface area contributed by atoms with Crippen LogP contribution in [0.25, 0.3) is 11.0 Å². The Labute approximate surface area is 144 Å². The third kappa shape index (κ3) is 4.37. The van der Waals surface area contributed by atoms with Gasteiger partial charge in [-0.25, -0.2) is 4.79 Å². The first-order valence-corrected chi connectivity index (χ1v) is 8.09. The lowest BCUT2D eigenvalue weighted by Crippen LogP contribution is -2.47. The Balaban J connectivity index is 2.15. The number of aryl methyl sites for hydroxylation is 1. The molecule has 0 spiro atoms. The van der Waals surface area contributed by atoms with E-state index in [1.165, 1.54) is 12.1 Å². The molecule has 0 aliphatic carbocycles. The Hall–Kier alpha value is -2.83. The van der Waals surface area contributed by atoms with E-state index < -0.39 is 23.5 Å². The average Bonchev–Trinajstić information content (AvgIpc) is 2.53. The summed E-state index contributed by atoms with van der Waals surface area (Å²) in [6.07, 6.45) is 0.971. The third-order valence-electron chi connectivity index (χ3n) is 4.07. The van der Waals surface area contributed by atoms with Crippen LogP contribution >= 0.6 is 0 Å². The van der Waals surface area contributed by atoms with Crippen LogP contribution in [0.2, 0.25) is 0 Å². The largest absolute Gasteiger partial charge is 0.548 e. The molecule has 25 heavy (non-hydrogen) atoms. The van der Waals surface area contributed by atoms with Crippen molar-refractivity contribution >= 4 is 22.8 Å². The maximum absolute atomic E-state index is 12.1. The van der Waals surface area contributed by atoms with Gasteiger partial charge in [-0.05, 0) is 37.5 Å². The molecular weight excluding hydrogens is 326 g/mol. The van der Waals surface area contributed by atoms with Crippen LogP contribution in [-0.4, -0.2) is 23.0 Å². The van der Waals surface area contributed by atoms with Crippen molar-refractivity contribution in [3.8, 4) is 5.75 Å². The van der Waals surface area contributed by atoms with Gasteiger partial charge in [0.2, 0.25) is 5.91 Å². The summed E-state index contributed by atoms with van der Waals surface area (Å²) < 4.78 is 5.19. The predicted octanol–water partition coefficient (Wildman–Crippen LogP) is 0.774. The van der Waals surface area contributed by atoms with Gasteiger partial charge in [0.15, 0.2) is 0 Å². The molecule has 7 nitrogen and oxygen atoms in total. The molecule has 2 rings (SSSR count). The number of aliphatic carboxylic acids is 1. The fraction of sp³-hybridized carbons (Fsp3) is 0.389. The van der Waals surface area contributed by atoms with Gasteiger partial charge in [-0.3, -0.25) is 4.79 Å². The van der Waals surface area contributed by atoms with Crippen LogP contribution < -0.4 is 16.0 Å². The molecule has 0 radical (unpaired) electrons. The van der Waals surface area contributed by atoms with Crippen molar-refractivity contribution in [2.45, 2.75) is 45.6 Å². The lowest BCUT2D eigenvalue weighted by molar-refractivity contribution is -0.308. The molecule has 2 N–H and O–H groups in total. The van der Waals surface area contributed by atoms with E-state index in [-0.39, 0.29) is 30.6 Å². The first kappa shape index (κ1) is 18.5. The van der Waals surface area contributed by atoms with Crippen LogP contribution in [0.4, 0.5) is 0 Å². The molecule has 0 unspecified atom stereocenters. The van der Waals surface area contributed by atoms with Gasteiger partial charge < -0.3 is 24.7 Å². The van der Waals surface area contributed by atoms with E-state index in [4.69, 9.17) is 4.42 Å². The molecule has 0 aliphatic rings. The molecule has 134 valence electrons. The van der Waals surface area contributed by atoms with E-state index in [0.29, 0.717) is 22.9 Å². The summed E-state index contributed by atoms with van der Waals surface area (Å²) in [5.41, 5.74) is 0.724. The molecule has 1 heterocycles. The number of phenols is 1. The number of carbonyl (C=O) groups is 2. The summed E-state index contributed by atoms with van der Waals surface area (Å²) in [5, 5.41) is 23.5. The summed E-state index contributed by atoms with van der Waals surface area (Å²) >= 11 is 0. The Morgan fingerprint density at radius 3 is 2.72 bits per heavy atom. The van der Waals surface area contributed by atoms with E-state index in [0.717, 1.165) is 0 Å². The number of carboxylic acids is 1. The number of fused-ring (bicyclic) bond motifs is 1. The summed E-state index contributed by atoms with van der Waals surface area (Å²) in [4.78, 5) is 35.1. The molecule has 0 fully saturated rings. The number of carboxylic acid groups (broad SMARTS) is 1. The lowest BCUT2D eigenvalue weighted by Gasteiger charge is -2.19. The van der Waals surface area contributed by atoms with Crippen molar-refractivity contribution in [1.29, 1.82) is 0 Å². The highest BCUT2D eigenvalue weighted by molar-refractivity contribution is 5.84. The van der Waals surface area contributed by atoms with E-state index in [9.17, 15) is 24.6 Å². The maximum Gasteiger partial charge on any atom is 0.339 e. The number of hydrogen-bond acceptors (Lipinski definition) is 6. The smallest absolute Gasteiger partial charge is 0.339 e. The fourth-order valence-electron chi connectivity index (χ4n) is 2.71. The molecule has 1 amide bonds. The van der Waals surface area contributed by atoms with E-state index in [1.807, 2.05) is 6.92 Å². The van der Waals surface area contributed by atoms with Crippen molar-refractivity contribution in [3.05, 3.63) is 39.7 Å². The van der Waals surface area contributed by atoms with Crippen molar-refractivity contribution in [3.63, 3.8) is 0 Å². The summed E-state index contributed by atoms with van der Waals surface area (Å²) in [6.45, 7) is 3.55. The number of hydrogen-bond donors (Lipinski definition) is 2. The van der Waals surface area contributed by atoms with Crippen LogP contribution in [0, 0.1) is 6.92 Å². The number of phenolic OH excluding ortho intramolecular Hbond substituents is 1. The van der Waals surface area contributed by atoms with Crippen LogP contribution in [0.15, 0.2) is 27.4 Å². The van der Waals surface area contributed by atoms with Crippen LogP contribution in [0.5, 0.6) is 5.75 Å². The molecular formula is C18H20NO6-. The first-order valence-electron chi connectivity index (χ1n) is 8.09. The predicted molar refractivity (Wildman–Crippen MR) is 89.1 cm³/mol. The standard InChI is InChI=1S/C18H21NO6/c1-3-4-14(17(22)23)19-16(21)8-7-13-10(2)12-6-5-11(20)9-15(12)25-18(13)24/h5-6,9,14,20H,3-4,7-8H2,1-2H3,(H,19,21)(H,22,23)/p-1/t14-/m0/s1. The number of amides is 1. The van der Waals surface area contributed by atoms with Crippen molar-refractivity contribution in [2.24, 2.45) is 0 Å². The first-order chi connectivity index (χ1) is 11.8. The Kier molecular flexibility index (Phi) is 5.80. The second kappa shape index (κ2) is 7.83. The molecule has 0 bridgehead atoms. The Morgan fingerprint density at radius 2 is 2.08 bits per heavy atom. The van der Waals surface area contributed by atoms with Crippen LogP contribution in [-0.2, 0) is 16.0 Å². The monoisotopic (exact) mass is 346 g/mol. The van der Waals surface area contributed by atoms with Gasteiger partial charge in [-0.15, -0.1) is 0 Å². The molecule has 7 heteroatoms. The molecule has 0 aliphatic heterocycles. The molecule has 2 aromatic rings. The van der Waals surface area contributed by atoms with Gasteiger partial charge >= 0.3 is 5.63 Å². The zero-order valence-corrected chi connectivity index (χ0v) is 14.1. The molecule has 1 atom stereocenters. The van der Waals surface area contributed by atoms with Crippen molar-refractivity contribution < 1.29 is 24.2 Å². The summed E-state index contributed by atoms with van der Waals surface area (Å²) in [7, 11) is 0. The van der Waals surface area contributed by atoms with Crippen LogP contribution in [0.3, 0.4) is 0 Å². The van der Waals surface area contributed by atoms with E-state index in [1.54, 1.807) is 13.0 Å². The minimum absolute atomic E-state index is 0.00794. The number of nitrogens with one attached hydrogen (secondary N) is 1. The minimum Gasteiger partial charge on any atom is -0.548 e. The molecule has 1 aromatic heterocycles.